The molecule has 1 aliphatic heterocycles. The van der Waals surface area contributed by atoms with E-state index in [2.05, 4.69) is 0 Å². The Morgan fingerprint density at radius 1 is 0.938 bits per heavy atom. The summed E-state index contributed by atoms with van der Waals surface area (Å²) in [5.74, 6) is -0.772. The van der Waals surface area contributed by atoms with Gasteiger partial charge in [0.25, 0.3) is 11.8 Å². The van der Waals surface area contributed by atoms with Crippen LogP contribution in [0.15, 0.2) is 53.9 Å². The number of carbonyl (C=O) groups excluding carboxylic acids is 3. The van der Waals surface area contributed by atoms with Crippen molar-refractivity contribution >= 4 is 29.1 Å². The van der Waals surface area contributed by atoms with Gasteiger partial charge in [-0.15, -0.1) is 11.3 Å². The average Bonchev–Trinajstić information content (AvgIpc) is 3.45. The number of rotatable bonds is 5. The summed E-state index contributed by atoms with van der Waals surface area (Å²) in [5.41, 5.74) is 3.10. The van der Waals surface area contributed by atoms with Gasteiger partial charge >= 0.3 is 5.97 Å². The number of carbonyl (C=O) groups is 3. The van der Waals surface area contributed by atoms with Crippen molar-refractivity contribution in [1.29, 1.82) is 0 Å². The van der Waals surface area contributed by atoms with Gasteiger partial charge < -0.3 is 19.1 Å². The number of benzene rings is 1. The number of thiophene rings is 1. The lowest BCUT2D eigenvalue weighted by molar-refractivity contribution is -0.136. The van der Waals surface area contributed by atoms with Gasteiger partial charge in [-0.25, -0.2) is 4.79 Å². The zero-order valence-electron chi connectivity index (χ0n) is 18.1. The highest BCUT2D eigenvalue weighted by Gasteiger charge is 2.26. The van der Waals surface area contributed by atoms with Crippen LogP contribution in [0.25, 0.3) is 5.69 Å². The first kappa shape index (κ1) is 21.8. The minimum atomic E-state index is -0.514. The quantitative estimate of drug-likeness (QED) is 0.558. The second-order valence-corrected chi connectivity index (χ2v) is 8.63. The van der Waals surface area contributed by atoms with E-state index in [-0.39, 0.29) is 18.4 Å². The smallest absolute Gasteiger partial charge is 0.340 e. The zero-order chi connectivity index (χ0) is 22.7. The molecule has 1 fully saturated rings. The monoisotopic (exact) mass is 451 g/mol. The van der Waals surface area contributed by atoms with Crippen molar-refractivity contribution in [1.82, 2.24) is 14.4 Å². The molecule has 3 aromatic rings. The van der Waals surface area contributed by atoms with Crippen LogP contribution in [0.3, 0.4) is 0 Å². The molecule has 1 aliphatic rings. The van der Waals surface area contributed by atoms with Gasteiger partial charge in [0.2, 0.25) is 0 Å². The van der Waals surface area contributed by atoms with E-state index in [4.69, 9.17) is 4.74 Å². The van der Waals surface area contributed by atoms with Crippen LogP contribution in [0.1, 0.15) is 31.4 Å². The third-order valence-electron chi connectivity index (χ3n) is 5.64. The van der Waals surface area contributed by atoms with Crippen molar-refractivity contribution in [2.75, 3.05) is 32.8 Å². The van der Waals surface area contributed by atoms with Crippen molar-refractivity contribution < 1.29 is 19.1 Å². The Labute approximate surface area is 190 Å². The zero-order valence-corrected chi connectivity index (χ0v) is 18.9. The van der Waals surface area contributed by atoms with E-state index in [1.165, 1.54) is 11.3 Å². The number of para-hydroxylation sites is 1. The standard InChI is InChI=1S/C24H25N3O4S/c1-17-15-20(18(2)27(17)19-7-4-3-5-8-19)24(30)31-16-22(28)25-10-12-26(13-11-25)23(29)21-9-6-14-32-21/h3-9,14-15H,10-13,16H2,1-2H3. The van der Waals surface area contributed by atoms with Gasteiger partial charge in [-0.05, 0) is 43.5 Å². The molecular weight excluding hydrogens is 426 g/mol. The van der Waals surface area contributed by atoms with Crippen molar-refractivity contribution in [3.8, 4) is 5.69 Å². The summed E-state index contributed by atoms with van der Waals surface area (Å²) in [5, 5.41) is 1.87. The molecule has 1 aromatic carbocycles. The number of piperazine rings is 1. The molecule has 7 nitrogen and oxygen atoms in total. The highest BCUT2D eigenvalue weighted by molar-refractivity contribution is 7.12. The number of nitrogens with zero attached hydrogens (tertiary/aromatic N) is 3. The molecule has 4 rings (SSSR count). The van der Waals surface area contributed by atoms with Gasteiger partial charge in [0, 0.05) is 43.3 Å². The van der Waals surface area contributed by atoms with Crippen LogP contribution in [-0.4, -0.2) is 64.9 Å². The number of hydrogen-bond donors (Lipinski definition) is 0. The number of amides is 2. The number of esters is 1. The molecular formula is C24H25N3O4S. The summed E-state index contributed by atoms with van der Waals surface area (Å²) in [7, 11) is 0. The maximum atomic E-state index is 12.7. The van der Waals surface area contributed by atoms with Crippen LogP contribution in [0.5, 0.6) is 0 Å². The molecule has 0 aliphatic carbocycles. The van der Waals surface area contributed by atoms with Gasteiger partial charge in [-0.2, -0.15) is 0 Å². The van der Waals surface area contributed by atoms with E-state index in [0.29, 0.717) is 36.6 Å². The first-order valence-electron chi connectivity index (χ1n) is 10.5. The lowest BCUT2D eigenvalue weighted by atomic mass is 10.2. The van der Waals surface area contributed by atoms with Crippen molar-refractivity contribution in [3.63, 3.8) is 0 Å². The van der Waals surface area contributed by atoms with Crippen LogP contribution in [0.4, 0.5) is 0 Å². The van der Waals surface area contributed by atoms with E-state index < -0.39 is 5.97 Å². The van der Waals surface area contributed by atoms with Crippen molar-refractivity contribution in [3.05, 3.63) is 75.7 Å². The Hall–Kier alpha value is -3.39. The molecule has 0 radical (unpaired) electrons. The fourth-order valence-corrected chi connectivity index (χ4v) is 4.65. The molecule has 2 aromatic heterocycles. The van der Waals surface area contributed by atoms with Crippen LogP contribution in [0, 0.1) is 13.8 Å². The fraction of sp³-hybridized carbons (Fsp3) is 0.292. The molecule has 0 saturated carbocycles. The fourth-order valence-electron chi connectivity index (χ4n) is 3.96. The molecule has 0 spiro atoms. The Morgan fingerprint density at radius 3 is 2.28 bits per heavy atom. The Morgan fingerprint density at radius 2 is 1.62 bits per heavy atom. The largest absolute Gasteiger partial charge is 0.452 e. The average molecular weight is 452 g/mol. The third kappa shape index (κ3) is 4.45. The Balaban J connectivity index is 1.32. The molecule has 0 unspecified atom stereocenters. The Bertz CT molecular complexity index is 1110. The van der Waals surface area contributed by atoms with E-state index in [9.17, 15) is 14.4 Å². The lowest BCUT2D eigenvalue weighted by Crippen LogP contribution is -2.51. The number of aryl methyl sites for hydroxylation is 1. The third-order valence-corrected chi connectivity index (χ3v) is 6.50. The molecule has 3 heterocycles. The summed E-state index contributed by atoms with van der Waals surface area (Å²) in [6.45, 7) is 5.27. The molecule has 0 N–H and O–H groups in total. The van der Waals surface area contributed by atoms with E-state index in [1.807, 2.05) is 60.2 Å². The normalized spacial score (nSPS) is 13.8. The molecule has 1 saturated heterocycles. The first-order valence-corrected chi connectivity index (χ1v) is 11.4. The van der Waals surface area contributed by atoms with E-state index in [0.717, 1.165) is 17.1 Å². The molecule has 2 amide bonds. The molecule has 0 bridgehead atoms. The van der Waals surface area contributed by atoms with Crippen LogP contribution in [0.2, 0.25) is 0 Å². The molecule has 0 atom stereocenters. The molecule has 8 heteroatoms. The highest BCUT2D eigenvalue weighted by Crippen LogP contribution is 2.21. The predicted molar refractivity (Wildman–Crippen MR) is 122 cm³/mol. The second-order valence-electron chi connectivity index (χ2n) is 7.68. The predicted octanol–water partition coefficient (Wildman–Crippen LogP) is 3.30. The Kier molecular flexibility index (Phi) is 6.41. The van der Waals surface area contributed by atoms with E-state index >= 15 is 0 Å². The van der Waals surface area contributed by atoms with Crippen LogP contribution >= 0.6 is 11.3 Å². The van der Waals surface area contributed by atoms with Crippen LogP contribution in [-0.2, 0) is 9.53 Å². The summed E-state index contributed by atoms with van der Waals surface area (Å²) in [6, 6.07) is 15.2. The van der Waals surface area contributed by atoms with Gasteiger partial charge in [-0.1, -0.05) is 24.3 Å². The van der Waals surface area contributed by atoms with Gasteiger partial charge in [0.05, 0.1) is 10.4 Å². The first-order chi connectivity index (χ1) is 15.5. The van der Waals surface area contributed by atoms with Gasteiger partial charge in [0.1, 0.15) is 0 Å². The topological polar surface area (TPSA) is 71.9 Å². The lowest BCUT2D eigenvalue weighted by Gasteiger charge is -2.34. The number of aromatic nitrogens is 1. The van der Waals surface area contributed by atoms with E-state index in [1.54, 1.807) is 21.9 Å². The maximum absolute atomic E-state index is 12.7. The van der Waals surface area contributed by atoms with Gasteiger partial charge in [0.15, 0.2) is 6.61 Å². The second kappa shape index (κ2) is 9.40. The summed E-state index contributed by atoms with van der Waals surface area (Å²) >= 11 is 1.41. The van der Waals surface area contributed by atoms with Crippen molar-refractivity contribution in [2.45, 2.75) is 13.8 Å². The maximum Gasteiger partial charge on any atom is 0.340 e. The van der Waals surface area contributed by atoms with Crippen LogP contribution < -0.4 is 0 Å². The highest BCUT2D eigenvalue weighted by atomic mass is 32.1. The summed E-state index contributed by atoms with van der Waals surface area (Å²) in [4.78, 5) is 41.7. The number of ether oxygens (including phenoxy) is 1. The summed E-state index contributed by atoms with van der Waals surface area (Å²) < 4.78 is 7.33. The molecule has 166 valence electrons. The SMILES string of the molecule is Cc1cc(C(=O)OCC(=O)N2CCN(C(=O)c3cccs3)CC2)c(C)n1-c1ccccc1. The summed E-state index contributed by atoms with van der Waals surface area (Å²) in [6.07, 6.45) is 0. The minimum absolute atomic E-state index is 0.00713. The minimum Gasteiger partial charge on any atom is -0.452 e. The molecule has 32 heavy (non-hydrogen) atoms. The van der Waals surface area contributed by atoms with Crippen molar-refractivity contribution in [2.24, 2.45) is 0 Å². The number of hydrogen-bond acceptors (Lipinski definition) is 5. The van der Waals surface area contributed by atoms with Gasteiger partial charge in [-0.3, -0.25) is 9.59 Å².